The highest BCUT2D eigenvalue weighted by molar-refractivity contribution is 9.10. The summed E-state index contributed by atoms with van der Waals surface area (Å²) in [6.07, 6.45) is 2.10. The molecule has 1 N–H and O–H groups in total. The van der Waals surface area contributed by atoms with E-state index in [1.165, 1.54) is 16.7 Å². The molecule has 1 aromatic heterocycles. The summed E-state index contributed by atoms with van der Waals surface area (Å²) in [5.41, 5.74) is 0.370. The lowest BCUT2D eigenvalue weighted by Crippen LogP contribution is -2.40. The molecule has 0 saturated carbocycles. The number of fused-ring (bicyclic) bond motifs is 1. The lowest BCUT2D eigenvalue weighted by atomic mass is 10.2. The van der Waals surface area contributed by atoms with Crippen molar-refractivity contribution in [2.45, 2.75) is 19.3 Å². The van der Waals surface area contributed by atoms with Crippen LogP contribution in [0, 0.1) is 0 Å². The number of rotatable bonds is 2. The molecular formula is C15H12BrClN2O4. The molecule has 1 heterocycles. The number of halogens is 2. The molecule has 1 aliphatic carbocycles. The van der Waals surface area contributed by atoms with Crippen molar-refractivity contribution >= 4 is 33.5 Å². The lowest BCUT2D eigenvalue weighted by molar-refractivity contribution is 0.0696. The molecule has 0 atom stereocenters. The number of benzene rings is 1. The van der Waals surface area contributed by atoms with Gasteiger partial charge in [0.05, 0.1) is 16.3 Å². The van der Waals surface area contributed by atoms with E-state index in [9.17, 15) is 19.5 Å². The Hall–Kier alpha value is -1.86. The average Bonchev–Trinajstić information content (AvgIpc) is 2.96. The van der Waals surface area contributed by atoms with Gasteiger partial charge in [0.15, 0.2) is 0 Å². The van der Waals surface area contributed by atoms with Gasteiger partial charge < -0.3 is 9.67 Å². The molecule has 23 heavy (non-hydrogen) atoms. The fourth-order valence-electron chi connectivity index (χ4n) is 2.90. The van der Waals surface area contributed by atoms with Crippen molar-refractivity contribution in [3.05, 3.63) is 59.3 Å². The quantitative estimate of drug-likeness (QED) is 0.839. The second-order valence-corrected chi connectivity index (χ2v) is 6.61. The summed E-state index contributed by atoms with van der Waals surface area (Å²) in [4.78, 5) is 36.6. The van der Waals surface area contributed by atoms with Crippen LogP contribution in [0.3, 0.4) is 0 Å². The van der Waals surface area contributed by atoms with Gasteiger partial charge in [-0.2, -0.15) is 0 Å². The fraction of sp³-hybridized carbons (Fsp3) is 0.267. The molecule has 1 aliphatic rings. The van der Waals surface area contributed by atoms with Crippen LogP contribution < -0.4 is 11.2 Å². The van der Waals surface area contributed by atoms with Crippen LogP contribution in [0.5, 0.6) is 0 Å². The maximum absolute atomic E-state index is 12.7. The number of aromatic nitrogens is 2. The molecule has 3 rings (SSSR count). The van der Waals surface area contributed by atoms with Gasteiger partial charge in [-0.15, -0.1) is 0 Å². The van der Waals surface area contributed by atoms with E-state index in [1.807, 2.05) is 0 Å². The van der Waals surface area contributed by atoms with E-state index in [0.29, 0.717) is 18.4 Å². The van der Waals surface area contributed by atoms with Crippen LogP contribution in [-0.2, 0) is 19.9 Å². The summed E-state index contributed by atoms with van der Waals surface area (Å²) < 4.78 is 2.67. The van der Waals surface area contributed by atoms with Crippen LogP contribution in [0.15, 0.2) is 26.2 Å². The second-order valence-electron chi connectivity index (χ2n) is 5.35. The molecule has 8 heteroatoms. The Morgan fingerprint density at radius 2 is 2.00 bits per heavy atom. The smallest absolute Gasteiger partial charge is 0.336 e. The molecule has 2 aromatic rings. The zero-order valence-corrected chi connectivity index (χ0v) is 14.4. The van der Waals surface area contributed by atoms with E-state index >= 15 is 0 Å². The van der Waals surface area contributed by atoms with Crippen molar-refractivity contribution in [1.29, 1.82) is 0 Å². The van der Waals surface area contributed by atoms with Crippen molar-refractivity contribution in [3.8, 4) is 5.69 Å². The first-order valence-corrected chi connectivity index (χ1v) is 8.06. The minimum Gasteiger partial charge on any atom is -0.478 e. The topological polar surface area (TPSA) is 81.3 Å². The molecule has 6 nitrogen and oxygen atoms in total. The van der Waals surface area contributed by atoms with Crippen LogP contribution in [-0.4, -0.2) is 20.2 Å². The number of hydrogen-bond acceptors (Lipinski definition) is 3. The first-order chi connectivity index (χ1) is 10.8. The Bertz CT molecular complexity index is 961. The van der Waals surface area contributed by atoms with Gasteiger partial charge >= 0.3 is 11.7 Å². The molecule has 0 saturated heterocycles. The zero-order valence-electron chi connectivity index (χ0n) is 12.1. The predicted molar refractivity (Wildman–Crippen MR) is 89.0 cm³/mol. The van der Waals surface area contributed by atoms with Gasteiger partial charge in [0, 0.05) is 22.8 Å². The largest absolute Gasteiger partial charge is 0.478 e. The van der Waals surface area contributed by atoms with Gasteiger partial charge in [-0.05, 0) is 47.3 Å². The minimum atomic E-state index is -1.18. The van der Waals surface area contributed by atoms with Crippen molar-refractivity contribution in [1.82, 2.24) is 9.13 Å². The number of hydrogen-bond donors (Lipinski definition) is 1. The average molecular weight is 400 g/mol. The summed E-state index contributed by atoms with van der Waals surface area (Å²) in [5.74, 6) is -1.18. The van der Waals surface area contributed by atoms with Crippen LogP contribution in [0.25, 0.3) is 5.69 Å². The summed E-state index contributed by atoms with van der Waals surface area (Å²) in [6.45, 7) is 0. The summed E-state index contributed by atoms with van der Waals surface area (Å²) in [7, 11) is 1.60. The Balaban J connectivity index is 2.39. The lowest BCUT2D eigenvalue weighted by Gasteiger charge is -2.14. The standard InChI is InChI=1S/C15H12BrClN2O4/c1-18-11-4-2-3-7(11)13(20)19(15(18)23)12-5-8(14(21)22)9(16)6-10(12)17/h5-6H,2-4H2,1H3,(H,21,22). The summed E-state index contributed by atoms with van der Waals surface area (Å²) in [6, 6.07) is 2.61. The fourth-order valence-corrected chi connectivity index (χ4v) is 3.79. The molecular weight excluding hydrogens is 388 g/mol. The molecule has 120 valence electrons. The van der Waals surface area contributed by atoms with Crippen molar-refractivity contribution < 1.29 is 9.90 Å². The Kier molecular flexibility index (Phi) is 3.93. The molecule has 0 amide bonds. The number of carboxylic acid groups (broad SMARTS) is 1. The van der Waals surface area contributed by atoms with Crippen molar-refractivity contribution in [3.63, 3.8) is 0 Å². The first kappa shape index (κ1) is 16.0. The SMILES string of the molecule is Cn1c2c(c(=O)n(-c3cc(C(=O)O)c(Br)cc3Cl)c1=O)CCC2. The first-order valence-electron chi connectivity index (χ1n) is 6.89. The normalized spacial score (nSPS) is 13.2. The van der Waals surface area contributed by atoms with Crippen molar-refractivity contribution in [2.24, 2.45) is 7.05 Å². The molecule has 0 aliphatic heterocycles. The third kappa shape index (κ3) is 2.44. The van der Waals surface area contributed by atoms with Gasteiger partial charge in [-0.25, -0.2) is 14.2 Å². The Morgan fingerprint density at radius 3 is 2.65 bits per heavy atom. The van der Waals surface area contributed by atoms with Gasteiger partial charge in [-0.1, -0.05) is 11.6 Å². The summed E-state index contributed by atoms with van der Waals surface area (Å²) >= 11 is 9.28. The van der Waals surface area contributed by atoms with Crippen LogP contribution >= 0.6 is 27.5 Å². The van der Waals surface area contributed by atoms with E-state index < -0.39 is 17.2 Å². The molecule has 0 spiro atoms. The molecule has 0 fully saturated rings. The molecule has 0 bridgehead atoms. The van der Waals surface area contributed by atoms with E-state index in [0.717, 1.165) is 16.7 Å². The number of aromatic carboxylic acids is 1. The monoisotopic (exact) mass is 398 g/mol. The second kappa shape index (κ2) is 5.65. The van der Waals surface area contributed by atoms with E-state index in [2.05, 4.69) is 15.9 Å². The van der Waals surface area contributed by atoms with Gasteiger partial charge in [0.25, 0.3) is 5.56 Å². The van der Waals surface area contributed by atoms with E-state index in [-0.39, 0.29) is 20.7 Å². The Labute approximate surface area is 144 Å². The van der Waals surface area contributed by atoms with Crippen LogP contribution in [0.2, 0.25) is 5.02 Å². The van der Waals surface area contributed by atoms with Gasteiger partial charge in [0.2, 0.25) is 0 Å². The van der Waals surface area contributed by atoms with E-state index in [1.54, 1.807) is 7.05 Å². The minimum absolute atomic E-state index is 0.0705. The van der Waals surface area contributed by atoms with Gasteiger partial charge in [0.1, 0.15) is 0 Å². The third-order valence-electron chi connectivity index (χ3n) is 4.04. The maximum atomic E-state index is 12.7. The zero-order chi connectivity index (χ0) is 16.9. The molecule has 1 aromatic carbocycles. The maximum Gasteiger partial charge on any atom is 0.336 e. The molecule has 0 radical (unpaired) electrons. The highest BCUT2D eigenvalue weighted by Gasteiger charge is 2.24. The molecule has 0 unspecified atom stereocenters. The van der Waals surface area contributed by atoms with Gasteiger partial charge in [-0.3, -0.25) is 4.79 Å². The third-order valence-corrected chi connectivity index (χ3v) is 5.00. The number of carboxylic acids is 1. The van der Waals surface area contributed by atoms with Crippen LogP contribution in [0.4, 0.5) is 0 Å². The number of carbonyl (C=O) groups is 1. The predicted octanol–water partition coefficient (Wildman–Crippen LogP) is 2.14. The highest BCUT2D eigenvalue weighted by atomic mass is 79.9. The van der Waals surface area contributed by atoms with Crippen LogP contribution in [0.1, 0.15) is 28.0 Å². The number of nitrogens with zero attached hydrogens (tertiary/aromatic N) is 2. The van der Waals surface area contributed by atoms with E-state index in [4.69, 9.17) is 11.6 Å². The highest BCUT2D eigenvalue weighted by Crippen LogP contribution is 2.28. The summed E-state index contributed by atoms with van der Waals surface area (Å²) in [5, 5.41) is 9.36. The van der Waals surface area contributed by atoms with Crippen molar-refractivity contribution in [2.75, 3.05) is 0 Å². The Morgan fingerprint density at radius 1 is 1.30 bits per heavy atom.